The van der Waals surface area contributed by atoms with E-state index in [0.717, 1.165) is 16.9 Å². The van der Waals surface area contributed by atoms with Crippen LogP contribution in [0.15, 0.2) is 54.6 Å². The van der Waals surface area contributed by atoms with Crippen LogP contribution in [-0.4, -0.2) is 37.1 Å². The van der Waals surface area contributed by atoms with Crippen molar-refractivity contribution in [1.29, 1.82) is 0 Å². The minimum atomic E-state index is -0.107. The molecule has 0 saturated carbocycles. The van der Waals surface area contributed by atoms with Gasteiger partial charge in [0.15, 0.2) is 0 Å². The highest BCUT2D eigenvalue weighted by Crippen LogP contribution is 2.27. The summed E-state index contributed by atoms with van der Waals surface area (Å²) in [6, 6.07) is 17.3. The molecule has 1 saturated heterocycles. The highest BCUT2D eigenvalue weighted by molar-refractivity contribution is 5.94. The second-order valence-electron chi connectivity index (χ2n) is 5.77. The first kappa shape index (κ1) is 15.6. The first-order valence-electron chi connectivity index (χ1n) is 7.80. The molecule has 4 heteroatoms. The third-order valence-electron chi connectivity index (χ3n) is 4.20. The number of hydrogen-bond acceptors (Lipinski definition) is 3. The molecule has 4 nitrogen and oxygen atoms in total. The third kappa shape index (κ3) is 3.37. The summed E-state index contributed by atoms with van der Waals surface area (Å²) in [7, 11) is 1.65. The number of morpholine rings is 1. The summed E-state index contributed by atoms with van der Waals surface area (Å²) >= 11 is 0. The molecule has 2 atom stereocenters. The van der Waals surface area contributed by atoms with Crippen LogP contribution in [0.25, 0.3) is 0 Å². The van der Waals surface area contributed by atoms with Crippen molar-refractivity contribution >= 4 is 5.91 Å². The molecule has 2 unspecified atom stereocenters. The van der Waals surface area contributed by atoms with Crippen molar-refractivity contribution in [3.63, 3.8) is 0 Å². The predicted molar refractivity (Wildman–Crippen MR) is 88.6 cm³/mol. The number of nitrogens with zero attached hydrogens (tertiary/aromatic N) is 1. The Morgan fingerprint density at radius 2 is 1.83 bits per heavy atom. The van der Waals surface area contributed by atoms with E-state index in [1.54, 1.807) is 7.11 Å². The molecule has 2 aromatic rings. The van der Waals surface area contributed by atoms with Gasteiger partial charge in [0.25, 0.3) is 5.91 Å². The van der Waals surface area contributed by atoms with E-state index >= 15 is 0 Å². The van der Waals surface area contributed by atoms with Gasteiger partial charge in [-0.15, -0.1) is 0 Å². The molecule has 1 heterocycles. The van der Waals surface area contributed by atoms with E-state index in [9.17, 15) is 4.79 Å². The fraction of sp³-hybridized carbons (Fsp3) is 0.316. The maximum absolute atomic E-state index is 12.7. The Kier molecular flexibility index (Phi) is 4.63. The quantitative estimate of drug-likeness (QED) is 0.873. The monoisotopic (exact) mass is 311 g/mol. The highest BCUT2D eigenvalue weighted by Gasteiger charge is 2.30. The zero-order chi connectivity index (χ0) is 16.2. The minimum Gasteiger partial charge on any atom is -0.497 e. The van der Waals surface area contributed by atoms with Gasteiger partial charge in [-0.25, -0.2) is 0 Å². The summed E-state index contributed by atoms with van der Waals surface area (Å²) in [5.41, 5.74) is 1.78. The van der Waals surface area contributed by atoms with Gasteiger partial charge in [0.05, 0.1) is 26.3 Å². The van der Waals surface area contributed by atoms with E-state index in [4.69, 9.17) is 9.47 Å². The van der Waals surface area contributed by atoms with E-state index in [2.05, 4.69) is 0 Å². The molecular weight excluding hydrogens is 290 g/mol. The fourth-order valence-electron chi connectivity index (χ4n) is 2.81. The number of hydrogen-bond donors (Lipinski definition) is 0. The minimum absolute atomic E-state index is 0.0555. The van der Waals surface area contributed by atoms with Crippen LogP contribution >= 0.6 is 0 Å². The van der Waals surface area contributed by atoms with Gasteiger partial charge in [-0.1, -0.05) is 30.3 Å². The molecule has 0 aromatic heterocycles. The summed E-state index contributed by atoms with van der Waals surface area (Å²) in [6.45, 7) is 3.11. The van der Waals surface area contributed by atoms with Gasteiger partial charge < -0.3 is 14.4 Å². The Labute approximate surface area is 136 Å². The van der Waals surface area contributed by atoms with Gasteiger partial charge in [-0.3, -0.25) is 4.79 Å². The Morgan fingerprint density at radius 1 is 1.13 bits per heavy atom. The third-order valence-corrected chi connectivity index (χ3v) is 4.20. The number of amides is 1. The lowest BCUT2D eigenvalue weighted by Gasteiger charge is -2.38. The number of methoxy groups -OCH3 is 1. The molecule has 0 spiro atoms. The molecule has 1 aliphatic heterocycles. The average Bonchev–Trinajstić information content (AvgIpc) is 2.62. The van der Waals surface area contributed by atoms with Crippen molar-refractivity contribution in [3.8, 4) is 5.75 Å². The Balaban J connectivity index is 1.77. The van der Waals surface area contributed by atoms with E-state index in [-0.39, 0.29) is 18.1 Å². The van der Waals surface area contributed by atoms with Crippen molar-refractivity contribution in [3.05, 3.63) is 65.7 Å². The Hall–Kier alpha value is -2.33. The van der Waals surface area contributed by atoms with Crippen molar-refractivity contribution < 1.29 is 14.3 Å². The summed E-state index contributed by atoms with van der Waals surface area (Å²) in [5, 5.41) is 0. The van der Waals surface area contributed by atoms with Crippen LogP contribution < -0.4 is 4.74 Å². The molecular formula is C19H21NO3. The summed E-state index contributed by atoms with van der Waals surface area (Å²) in [4.78, 5) is 14.6. The Morgan fingerprint density at radius 3 is 2.48 bits per heavy atom. The normalized spacial score (nSPS) is 21.0. The maximum atomic E-state index is 12.7. The standard InChI is InChI=1S/C19H21NO3/c1-14-13-23-18(15-8-10-17(22-2)11-9-15)12-20(14)19(21)16-6-4-3-5-7-16/h3-11,14,18H,12-13H2,1-2H3. The molecule has 2 aromatic carbocycles. The van der Waals surface area contributed by atoms with Gasteiger partial charge in [-0.05, 0) is 36.8 Å². The smallest absolute Gasteiger partial charge is 0.254 e. The van der Waals surface area contributed by atoms with Gasteiger partial charge in [0.1, 0.15) is 11.9 Å². The topological polar surface area (TPSA) is 38.8 Å². The number of carbonyl (C=O) groups is 1. The van der Waals surface area contributed by atoms with Crippen LogP contribution in [0.5, 0.6) is 5.75 Å². The second-order valence-corrected chi connectivity index (χ2v) is 5.77. The van der Waals surface area contributed by atoms with Gasteiger partial charge >= 0.3 is 0 Å². The van der Waals surface area contributed by atoms with Gasteiger partial charge in [0, 0.05) is 5.56 Å². The second kappa shape index (κ2) is 6.84. The molecule has 120 valence electrons. The molecule has 1 aliphatic rings. The largest absolute Gasteiger partial charge is 0.497 e. The number of carbonyl (C=O) groups excluding carboxylic acids is 1. The van der Waals surface area contributed by atoms with Crippen molar-refractivity contribution in [1.82, 2.24) is 4.90 Å². The van der Waals surface area contributed by atoms with Crippen LogP contribution in [0, 0.1) is 0 Å². The first-order chi connectivity index (χ1) is 11.2. The van der Waals surface area contributed by atoms with Crippen LogP contribution in [0.4, 0.5) is 0 Å². The van der Waals surface area contributed by atoms with Crippen LogP contribution in [0.2, 0.25) is 0 Å². The zero-order valence-electron chi connectivity index (χ0n) is 13.4. The SMILES string of the molecule is COc1ccc(C2CN(C(=O)c3ccccc3)C(C)CO2)cc1. The molecule has 0 aliphatic carbocycles. The van der Waals surface area contributed by atoms with E-state index < -0.39 is 0 Å². The Bertz CT molecular complexity index is 654. The van der Waals surface area contributed by atoms with Gasteiger partial charge in [-0.2, -0.15) is 0 Å². The lowest BCUT2D eigenvalue weighted by atomic mass is 10.0. The molecule has 1 fully saturated rings. The van der Waals surface area contributed by atoms with Crippen molar-refractivity contribution in [2.45, 2.75) is 19.1 Å². The zero-order valence-corrected chi connectivity index (χ0v) is 13.4. The number of benzene rings is 2. The van der Waals surface area contributed by atoms with E-state index in [0.29, 0.717) is 13.2 Å². The van der Waals surface area contributed by atoms with E-state index in [1.165, 1.54) is 0 Å². The molecule has 0 radical (unpaired) electrons. The average molecular weight is 311 g/mol. The lowest BCUT2D eigenvalue weighted by Crippen LogP contribution is -2.48. The predicted octanol–water partition coefficient (Wildman–Crippen LogP) is 3.30. The highest BCUT2D eigenvalue weighted by atomic mass is 16.5. The van der Waals surface area contributed by atoms with Crippen LogP contribution in [0.1, 0.15) is 28.9 Å². The van der Waals surface area contributed by atoms with Crippen LogP contribution in [0.3, 0.4) is 0 Å². The molecule has 0 N–H and O–H groups in total. The molecule has 1 amide bonds. The van der Waals surface area contributed by atoms with Crippen molar-refractivity contribution in [2.75, 3.05) is 20.3 Å². The van der Waals surface area contributed by atoms with E-state index in [1.807, 2.05) is 66.4 Å². The number of rotatable bonds is 3. The summed E-state index contributed by atoms with van der Waals surface area (Å²) in [5.74, 6) is 0.870. The molecule has 23 heavy (non-hydrogen) atoms. The summed E-state index contributed by atoms with van der Waals surface area (Å²) in [6.07, 6.45) is -0.107. The fourth-order valence-corrected chi connectivity index (χ4v) is 2.81. The van der Waals surface area contributed by atoms with Gasteiger partial charge in [0.2, 0.25) is 0 Å². The van der Waals surface area contributed by atoms with Crippen LogP contribution in [-0.2, 0) is 4.74 Å². The molecule has 0 bridgehead atoms. The molecule has 3 rings (SSSR count). The van der Waals surface area contributed by atoms with Crippen molar-refractivity contribution in [2.24, 2.45) is 0 Å². The first-order valence-corrected chi connectivity index (χ1v) is 7.80. The maximum Gasteiger partial charge on any atom is 0.254 e. The summed E-state index contributed by atoms with van der Waals surface area (Å²) < 4.78 is 11.1. The lowest BCUT2D eigenvalue weighted by molar-refractivity contribution is -0.0486. The number of ether oxygens (including phenoxy) is 2.